The molecule has 2 aliphatic heterocycles. The molecule has 0 radical (unpaired) electrons. The number of carbonyl (C=O) groups is 1. The second-order valence-electron chi connectivity index (χ2n) is 6.00. The van der Waals surface area contributed by atoms with Gasteiger partial charge in [0, 0.05) is 24.2 Å². The molecule has 0 spiro atoms. The normalized spacial score (nSPS) is 23.4. The fraction of sp³-hybridized carbons (Fsp3) is 0.474. The number of alkyl carbamates (subject to hydrolysis) is 1. The Labute approximate surface area is 156 Å². The Bertz CT molecular complexity index is 739. The third kappa shape index (κ3) is 4.82. The Hall–Kier alpha value is -2.48. The number of fused-ring (bicyclic) bond motifs is 1. The van der Waals surface area contributed by atoms with Gasteiger partial charge in [-0.2, -0.15) is 0 Å². The van der Waals surface area contributed by atoms with Crippen molar-refractivity contribution in [1.82, 2.24) is 10.5 Å². The number of aryl methyl sites for hydroxylation is 1. The summed E-state index contributed by atoms with van der Waals surface area (Å²) < 4.78 is 42.2. The summed E-state index contributed by atoms with van der Waals surface area (Å²) in [6.45, 7) is 6.70. The van der Waals surface area contributed by atoms with Crippen LogP contribution >= 0.6 is 0 Å². The number of ether oxygens (including phenoxy) is 2. The molecule has 0 bridgehead atoms. The lowest BCUT2D eigenvalue weighted by Gasteiger charge is -2.46. The molecule has 6 nitrogen and oxygen atoms in total. The highest BCUT2D eigenvalue weighted by Gasteiger charge is 2.49. The molecular weight excluding hydrogens is 358 g/mol. The zero-order valence-corrected chi connectivity index (χ0v) is 15.6. The first-order valence-electron chi connectivity index (χ1n) is 8.86. The lowest BCUT2D eigenvalue weighted by Crippen LogP contribution is -2.61. The zero-order valence-electron chi connectivity index (χ0n) is 15.6. The predicted molar refractivity (Wildman–Crippen MR) is 94.0 cm³/mol. The van der Waals surface area contributed by atoms with Crippen molar-refractivity contribution in [1.29, 1.82) is 0 Å². The van der Waals surface area contributed by atoms with E-state index in [0.29, 0.717) is 13.0 Å². The van der Waals surface area contributed by atoms with Gasteiger partial charge in [-0.15, -0.1) is 0 Å². The number of carbonyl (C=O) groups excluding carboxylic acids is 1. The van der Waals surface area contributed by atoms with Crippen LogP contribution in [0.15, 0.2) is 35.1 Å². The number of hydrogen-bond acceptors (Lipinski definition) is 5. The van der Waals surface area contributed by atoms with Crippen LogP contribution in [0, 0.1) is 24.5 Å². The maximum atomic E-state index is 14.0. The first kappa shape index (κ1) is 20.8. The number of cyclic esters (lactones) is 1. The molecule has 0 saturated carbocycles. The SMILES string of the molecule is CC.Cc1ccon1.O=C1NC2(c3cc(F)ccc3F)COCCC2CO1. The van der Waals surface area contributed by atoms with Crippen molar-refractivity contribution >= 4 is 6.09 Å². The van der Waals surface area contributed by atoms with E-state index in [4.69, 9.17) is 9.47 Å². The molecule has 2 fully saturated rings. The monoisotopic (exact) mass is 382 g/mol. The third-order valence-corrected chi connectivity index (χ3v) is 4.35. The van der Waals surface area contributed by atoms with Crippen molar-refractivity contribution in [3.05, 3.63) is 53.4 Å². The fourth-order valence-corrected chi connectivity index (χ4v) is 3.06. The summed E-state index contributed by atoms with van der Waals surface area (Å²) in [4.78, 5) is 11.5. The molecule has 4 rings (SSSR count). The highest BCUT2D eigenvalue weighted by atomic mass is 19.1. The number of benzene rings is 1. The Balaban J connectivity index is 0.000000275. The third-order valence-electron chi connectivity index (χ3n) is 4.35. The van der Waals surface area contributed by atoms with Crippen LogP contribution in [0.5, 0.6) is 0 Å². The number of amides is 1. The van der Waals surface area contributed by atoms with Gasteiger partial charge in [-0.25, -0.2) is 13.6 Å². The second-order valence-corrected chi connectivity index (χ2v) is 6.00. The van der Waals surface area contributed by atoms with Crippen LogP contribution in [0.2, 0.25) is 0 Å². The number of halogens is 2. The van der Waals surface area contributed by atoms with Crippen LogP contribution in [0.4, 0.5) is 13.6 Å². The lowest BCUT2D eigenvalue weighted by atomic mass is 9.75. The van der Waals surface area contributed by atoms with Crippen molar-refractivity contribution in [2.45, 2.75) is 32.7 Å². The largest absolute Gasteiger partial charge is 0.449 e. The van der Waals surface area contributed by atoms with Gasteiger partial charge in [0.05, 0.1) is 18.9 Å². The van der Waals surface area contributed by atoms with E-state index in [0.717, 1.165) is 23.9 Å². The fourth-order valence-electron chi connectivity index (χ4n) is 3.06. The van der Waals surface area contributed by atoms with Gasteiger partial charge in [0.2, 0.25) is 0 Å². The first-order chi connectivity index (χ1) is 13.0. The molecule has 1 aromatic carbocycles. The maximum absolute atomic E-state index is 14.0. The smallest absolute Gasteiger partial charge is 0.407 e. The van der Waals surface area contributed by atoms with E-state index >= 15 is 0 Å². The highest BCUT2D eigenvalue weighted by molar-refractivity contribution is 5.70. The highest BCUT2D eigenvalue weighted by Crippen LogP contribution is 2.39. The number of nitrogens with one attached hydrogen (secondary N) is 1. The van der Waals surface area contributed by atoms with E-state index in [-0.39, 0.29) is 24.7 Å². The van der Waals surface area contributed by atoms with Crippen LogP contribution in [-0.4, -0.2) is 31.1 Å². The summed E-state index contributed by atoms with van der Waals surface area (Å²) in [5.41, 5.74) is 0.00333. The Morgan fingerprint density at radius 3 is 2.67 bits per heavy atom. The standard InChI is InChI=1S/C13H13F2NO3.C4H5NO.C2H6/c14-9-1-2-11(15)10(5-9)13-7-18-4-3-8(13)6-19-12(17)16-13;1-4-2-3-6-5-4;1-2/h1-2,5,8H,3-4,6-7H2,(H,16,17);2-3H,1H3;1-2H3. The minimum atomic E-state index is -1.04. The van der Waals surface area contributed by atoms with Crippen molar-refractivity contribution in [2.24, 2.45) is 5.92 Å². The molecule has 1 amide bonds. The van der Waals surface area contributed by atoms with Gasteiger partial charge in [0.25, 0.3) is 0 Å². The topological polar surface area (TPSA) is 73.6 Å². The summed E-state index contributed by atoms with van der Waals surface area (Å²) in [6, 6.07) is 5.03. The van der Waals surface area contributed by atoms with Gasteiger partial charge in [0.1, 0.15) is 23.4 Å². The van der Waals surface area contributed by atoms with Crippen LogP contribution < -0.4 is 5.32 Å². The van der Waals surface area contributed by atoms with Crippen molar-refractivity contribution < 1.29 is 27.6 Å². The molecule has 2 atom stereocenters. The average molecular weight is 382 g/mol. The number of rotatable bonds is 1. The van der Waals surface area contributed by atoms with Gasteiger partial charge in [-0.1, -0.05) is 19.0 Å². The van der Waals surface area contributed by atoms with Gasteiger partial charge >= 0.3 is 6.09 Å². The Kier molecular flexibility index (Phi) is 7.29. The van der Waals surface area contributed by atoms with E-state index in [1.807, 2.05) is 20.8 Å². The van der Waals surface area contributed by atoms with Gasteiger partial charge in [0.15, 0.2) is 0 Å². The summed E-state index contributed by atoms with van der Waals surface area (Å²) in [5, 5.41) is 6.16. The summed E-state index contributed by atoms with van der Waals surface area (Å²) in [7, 11) is 0. The minimum Gasteiger partial charge on any atom is -0.449 e. The molecule has 2 aromatic rings. The van der Waals surface area contributed by atoms with Crippen LogP contribution in [0.1, 0.15) is 31.5 Å². The second kappa shape index (κ2) is 9.45. The summed E-state index contributed by atoms with van der Waals surface area (Å²) in [6.07, 6.45) is 1.54. The van der Waals surface area contributed by atoms with E-state index in [1.54, 1.807) is 12.3 Å². The molecule has 2 saturated heterocycles. The number of nitrogens with zero attached hydrogens (tertiary/aromatic N) is 1. The number of aromatic nitrogens is 1. The van der Waals surface area contributed by atoms with Gasteiger partial charge < -0.3 is 19.3 Å². The quantitative estimate of drug-likeness (QED) is 0.809. The average Bonchev–Trinajstić information content (AvgIpc) is 3.16. The maximum Gasteiger partial charge on any atom is 0.407 e. The van der Waals surface area contributed by atoms with Crippen molar-refractivity contribution in [3.63, 3.8) is 0 Å². The molecule has 1 N–H and O–H groups in total. The molecule has 8 heteroatoms. The van der Waals surface area contributed by atoms with E-state index in [9.17, 15) is 13.6 Å². The molecule has 2 aliphatic rings. The number of hydrogen-bond donors (Lipinski definition) is 1. The summed E-state index contributed by atoms with van der Waals surface area (Å²) in [5.74, 6) is -1.23. The minimum absolute atomic E-state index is 0.118. The lowest BCUT2D eigenvalue weighted by molar-refractivity contribution is -0.0657. The molecule has 2 unspecified atom stereocenters. The van der Waals surface area contributed by atoms with Crippen molar-refractivity contribution in [3.8, 4) is 0 Å². The predicted octanol–water partition coefficient (Wildman–Crippen LogP) is 3.95. The van der Waals surface area contributed by atoms with Crippen LogP contribution in [-0.2, 0) is 15.0 Å². The molecule has 1 aromatic heterocycles. The summed E-state index contributed by atoms with van der Waals surface area (Å²) >= 11 is 0. The molecule has 27 heavy (non-hydrogen) atoms. The van der Waals surface area contributed by atoms with Crippen LogP contribution in [0.25, 0.3) is 0 Å². The van der Waals surface area contributed by atoms with Gasteiger partial charge in [-0.05, 0) is 31.5 Å². The Morgan fingerprint density at radius 2 is 2.04 bits per heavy atom. The van der Waals surface area contributed by atoms with Gasteiger partial charge in [-0.3, -0.25) is 0 Å². The Morgan fingerprint density at radius 1 is 1.26 bits per heavy atom. The van der Waals surface area contributed by atoms with Crippen molar-refractivity contribution in [2.75, 3.05) is 19.8 Å². The molecular formula is C19H24F2N2O4. The molecule has 0 aliphatic carbocycles. The van der Waals surface area contributed by atoms with Crippen LogP contribution in [0.3, 0.4) is 0 Å². The first-order valence-corrected chi connectivity index (χ1v) is 8.86. The van der Waals surface area contributed by atoms with E-state index in [1.165, 1.54) is 0 Å². The zero-order chi connectivity index (χ0) is 19.9. The van der Waals surface area contributed by atoms with E-state index < -0.39 is 23.3 Å². The molecule has 3 heterocycles. The molecule has 148 valence electrons. The van der Waals surface area contributed by atoms with E-state index in [2.05, 4.69) is 15.0 Å².